The number of benzene rings is 1. The van der Waals surface area contributed by atoms with Gasteiger partial charge in [-0.25, -0.2) is 0 Å². The van der Waals surface area contributed by atoms with Crippen molar-refractivity contribution < 1.29 is 4.79 Å². The molecular weight excluding hydrogens is 232 g/mol. The Hall–Kier alpha value is -1.00. The molecule has 1 rings (SSSR count). The lowest BCUT2D eigenvalue weighted by Gasteiger charge is -2.25. The number of amides is 1. The molecule has 0 radical (unpaired) electrons. The third kappa shape index (κ3) is 4.06. The van der Waals surface area contributed by atoms with Crippen LogP contribution in [-0.2, 0) is 10.2 Å². The first-order valence-electron chi connectivity index (χ1n) is 5.61. The fourth-order valence-corrected chi connectivity index (χ4v) is 1.94. The van der Waals surface area contributed by atoms with Crippen LogP contribution in [0.1, 0.15) is 19.4 Å². The van der Waals surface area contributed by atoms with Crippen LogP contribution in [0.25, 0.3) is 0 Å². The van der Waals surface area contributed by atoms with E-state index in [0.717, 1.165) is 0 Å². The molecule has 0 atom stereocenters. The molecule has 0 saturated heterocycles. The summed E-state index contributed by atoms with van der Waals surface area (Å²) in [7, 11) is 0. The first-order chi connectivity index (χ1) is 7.99. The van der Waals surface area contributed by atoms with Gasteiger partial charge in [-0.15, -0.1) is 11.8 Å². The van der Waals surface area contributed by atoms with Gasteiger partial charge in [0.1, 0.15) is 0 Å². The van der Waals surface area contributed by atoms with E-state index in [2.05, 4.69) is 49.7 Å². The molecule has 0 bridgehead atoms. The Morgan fingerprint density at radius 3 is 2.41 bits per heavy atom. The second-order valence-corrected chi connectivity index (χ2v) is 5.47. The fraction of sp³-hybridized carbons (Fsp3) is 0.462. The molecule has 1 aromatic rings. The van der Waals surface area contributed by atoms with Crippen molar-refractivity contribution in [2.75, 3.05) is 19.3 Å². The minimum absolute atomic E-state index is 0.0431. The molecular formula is C13H20N2OS. The highest BCUT2D eigenvalue weighted by Gasteiger charge is 2.20. The molecule has 0 heterocycles. The second kappa shape index (κ2) is 6.07. The maximum Gasteiger partial charge on any atom is 0.233 e. The van der Waals surface area contributed by atoms with Gasteiger partial charge in [-0.05, 0) is 24.0 Å². The molecule has 1 aromatic carbocycles. The summed E-state index contributed by atoms with van der Waals surface area (Å²) >= 11 is 1.72. The summed E-state index contributed by atoms with van der Waals surface area (Å²) < 4.78 is 0. The number of carbonyl (C=O) groups is 1. The van der Waals surface area contributed by atoms with Crippen LogP contribution < -0.4 is 11.1 Å². The Labute approximate surface area is 107 Å². The van der Waals surface area contributed by atoms with E-state index >= 15 is 0 Å². The number of hydrogen-bond acceptors (Lipinski definition) is 3. The second-order valence-electron chi connectivity index (χ2n) is 4.59. The van der Waals surface area contributed by atoms with E-state index in [9.17, 15) is 4.79 Å². The molecule has 0 unspecified atom stereocenters. The van der Waals surface area contributed by atoms with Crippen molar-refractivity contribution in [3.8, 4) is 0 Å². The molecule has 0 aromatic heterocycles. The van der Waals surface area contributed by atoms with Crippen molar-refractivity contribution in [1.82, 2.24) is 5.32 Å². The largest absolute Gasteiger partial charge is 0.354 e. The zero-order chi connectivity index (χ0) is 12.9. The predicted molar refractivity (Wildman–Crippen MR) is 73.3 cm³/mol. The van der Waals surface area contributed by atoms with Crippen molar-refractivity contribution in [1.29, 1.82) is 0 Å². The third-order valence-corrected chi connectivity index (χ3v) is 3.53. The van der Waals surface area contributed by atoms with E-state index in [1.807, 2.05) is 0 Å². The fourth-order valence-electron chi connectivity index (χ4n) is 1.54. The van der Waals surface area contributed by atoms with Gasteiger partial charge in [0, 0.05) is 16.9 Å². The van der Waals surface area contributed by atoms with Crippen molar-refractivity contribution in [2.45, 2.75) is 24.2 Å². The first kappa shape index (κ1) is 14.1. The van der Waals surface area contributed by atoms with Crippen molar-refractivity contribution in [3.63, 3.8) is 0 Å². The summed E-state index contributed by atoms with van der Waals surface area (Å²) in [5.41, 5.74) is 6.40. The van der Waals surface area contributed by atoms with Crippen LogP contribution in [0.3, 0.4) is 0 Å². The normalized spacial score (nSPS) is 11.3. The number of nitrogens with one attached hydrogen (secondary N) is 1. The molecule has 0 aliphatic heterocycles. The minimum Gasteiger partial charge on any atom is -0.354 e. The SMILES string of the molecule is CSc1ccc(C(C)(C)CNC(=O)CN)cc1. The monoisotopic (exact) mass is 252 g/mol. The van der Waals surface area contributed by atoms with Crippen molar-refractivity contribution >= 4 is 17.7 Å². The third-order valence-electron chi connectivity index (χ3n) is 2.78. The molecule has 0 spiro atoms. The smallest absolute Gasteiger partial charge is 0.233 e. The van der Waals surface area contributed by atoms with E-state index in [4.69, 9.17) is 5.73 Å². The van der Waals surface area contributed by atoms with Gasteiger partial charge in [-0.2, -0.15) is 0 Å². The molecule has 0 aliphatic rings. The van der Waals surface area contributed by atoms with E-state index in [0.29, 0.717) is 6.54 Å². The molecule has 3 N–H and O–H groups in total. The Balaban J connectivity index is 2.70. The first-order valence-corrected chi connectivity index (χ1v) is 6.83. The number of rotatable bonds is 5. The molecule has 3 nitrogen and oxygen atoms in total. The Morgan fingerprint density at radius 2 is 1.94 bits per heavy atom. The lowest BCUT2D eigenvalue weighted by atomic mass is 9.84. The number of hydrogen-bond donors (Lipinski definition) is 2. The van der Waals surface area contributed by atoms with Crippen molar-refractivity contribution in [2.24, 2.45) is 5.73 Å². The summed E-state index contributed by atoms with van der Waals surface area (Å²) in [5.74, 6) is -0.112. The molecule has 4 heteroatoms. The van der Waals surface area contributed by atoms with Crippen LogP contribution >= 0.6 is 11.8 Å². The van der Waals surface area contributed by atoms with Crippen LogP contribution in [0, 0.1) is 0 Å². The van der Waals surface area contributed by atoms with E-state index in [-0.39, 0.29) is 17.9 Å². The van der Waals surface area contributed by atoms with E-state index in [1.165, 1.54) is 10.5 Å². The van der Waals surface area contributed by atoms with Crippen molar-refractivity contribution in [3.05, 3.63) is 29.8 Å². The zero-order valence-corrected chi connectivity index (χ0v) is 11.4. The summed E-state index contributed by atoms with van der Waals surface area (Å²) in [4.78, 5) is 12.4. The Morgan fingerprint density at radius 1 is 1.35 bits per heavy atom. The van der Waals surface area contributed by atoms with Gasteiger partial charge >= 0.3 is 0 Å². The highest BCUT2D eigenvalue weighted by atomic mass is 32.2. The van der Waals surface area contributed by atoms with E-state index < -0.39 is 0 Å². The summed E-state index contributed by atoms with van der Waals surface area (Å²) in [6, 6.07) is 8.43. The molecule has 94 valence electrons. The van der Waals surface area contributed by atoms with Crippen LogP contribution in [0.5, 0.6) is 0 Å². The highest BCUT2D eigenvalue weighted by Crippen LogP contribution is 2.24. The Kier molecular flexibility index (Phi) is 5.02. The average Bonchev–Trinajstić information content (AvgIpc) is 2.36. The molecule has 1 amide bonds. The van der Waals surface area contributed by atoms with Gasteiger partial charge in [0.2, 0.25) is 5.91 Å². The van der Waals surface area contributed by atoms with E-state index in [1.54, 1.807) is 11.8 Å². The molecule has 17 heavy (non-hydrogen) atoms. The quantitative estimate of drug-likeness (QED) is 0.785. The lowest BCUT2D eigenvalue weighted by molar-refractivity contribution is -0.119. The average molecular weight is 252 g/mol. The van der Waals surface area contributed by atoms with Gasteiger partial charge in [-0.3, -0.25) is 4.79 Å². The molecule has 0 aliphatic carbocycles. The standard InChI is InChI=1S/C13H20N2OS/c1-13(2,9-15-12(16)8-14)10-4-6-11(17-3)7-5-10/h4-7H,8-9,14H2,1-3H3,(H,15,16). The van der Waals surface area contributed by atoms with Gasteiger partial charge in [0.15, 0.2) is 0 Å². The van der Waals surface area contributed by atoms with Crippen LogP contribution in [0.15, 0.2) is 29.2 Å². The number of thioether (sulfide) groups is 1. The zero-order valence-electron chi connectivity index (χ0n) is 10.6. The predicted octanol–water partition coefficient (Wildman–Crippen LogP) is 1.76. The van der Waals surface area contributed by atoms with Gasteiger partial charge < -0.3 is 11.1 Å². The number of nitrogens with two attached hydrogens (primary N) is 1. The summed E-state index contributed by atoms with van der Waals surface area (Å²) in [5, 5.41) is 2.83. The summed E-state index contributed by atoms with van der Waals surface area (Å²) in [6.45, 7) is 4.86. The maximum atomic E-state index is 11.2. The highest BCUT2D eigenvalue weighted by molar-refractivity contribution is 7.98. The Bertz CT molecular complexity index is 374. The summed E-state index contributed by atoms with van der Waals surface area (Å²) in [6.07, 6.45) is 2.06. The molecule has 0 fully saturated rings. The van der Waals surface area contributed by atoms with Gasteiger partial charge in [0.25, 0.3) is 0 Å². The topological polar surface area (TPSA) is 55.1 Å². The van der Waals surface area contributed by atoms with Gasteiger partial charge in [0.05, 0.1) is 6.54 Å². The van der Waals surface area contributed by atoms with Crippen LogP contribution in [0.4, 0.5) is 0 Å². The number of carbonyl (C=O) groups excluding carboxylic acids is 1. The minimum atomic E-state index is -0.112. The lowest BCUT2D eigenvalue weighted by Crippen LogP contribution is -2.39. The van der Waals surface area contributed by atoms with Crippen LogP contribution in [0.2, 0.25) is 0 Å². The maximum absolute atomic E-state index is 11.2. The molecule has 0 saturated carbocycles. The van der Waals surface area contributed by atoms with Gasteiger partial charge in [-0.1, -0.05) is 26.0 Å². The van der Waals surface area contributed by atoms with Crippen LogP contribution in [-0.4, -0.2) is 25.3 Å².